The zero-order valence-corrected chi connectivity index (χ0v) is 11.8. The van der Waals surface area contributed by atoms with Gasteiger partial charge in [0.2, 0.25) is 0 Å². The van der Waals surface area contributed by atoms with E-state index in [2.05, 4.69) is 5.32 Å². The molecular weight excluding hydrogens is 275 g/mol. The van der Waals surface area contributed by atoms with Gasteiger partial charge in [0.25, 0.3) is 0 Å². The van der Waals surface area contributed by atoms with Crippen LogP contribution in [0.2, 0.25) is 5.02 Å². The minimum Gasteiger partial charge on any atom is -0.378 e. The summed E-state index contributed by atoms with van der Waals surface area (Å²) in [5.74, 6) is -0.235. The van der Waals surface area contributed by atoms with Gasteiger partial charge in [-0.3, -0.25) is 0 Å². The van der Waals surface area contributed by atoms with Gasteiger partial charge in [0.1, 0.15) is 11.9 Å². The molecule has 0 aromatic heterocycles. The van der Waals surface area contributed by atoms with Crippen molar-refractivity contribution in [2.45, 2.75) is 19.4 Å². The topological polar surface area (TPSA) is 35.8 Å². The quantitative estimate of drug-likeness (QED) is 0.867. The van der Waals surface area contributed by atoms with E-state index in [-0.39, 0.29) is 11.9 Å². The van der Waals surface area contributed by atoms with Crippen LogP contribution in [0.25, 0.3) is 0 Å². The molecule has 0 bridgehead atoms. The lowest BCUT2D eigenvalue weighted by Gasteiger charge is -2.19. The molecule has 4 heteroatoms. The van der Waals surface area contributed by atoms with Gasteiger partial charge in [-0.2, -0.15) is 5.26 Å². The highest BCUT2D eigenvalue weighted by molar-refractivity contribution is 6.31. The Balaban J connectivity index is 2.28. The average Bonchev–Trinajstić information content (AvgIpc) is 2.47. The van der Waals surface area contributed by atoms with Crippen molar-refractivity contribution in [2.24, 2.45) is 0 Å². The van der Waals surface area contributed by atoms with Crippen LogP contribution in [0.4, 0.5) is 10.1 Å². The van der Waals surface area contributed by atoms with Gasteiger partial charge in [-0.05, 0) is 30.7 Å². The van der Waals surface area contributed by atoms with E-state index >= 15 is 0 Å². The Morgan fingerprint density at radius 2 is 2.05 bits per heavy atom. The molecular formula is C16H14ClFN2. The third-order valence-electron chi connectivity index (χ3n) is 3.12. The first-order valence-electron chi connectivity index (χ1n) is 6.36. The molecule has 0 saturated carbocycles. The SMILES string of the molecule is CCC(Nc1ccc(Cl)c(C#N)c1)c1ccccc1F. The van der Waals surface area contributed by atoms with Crippen LogP contribution in [0.1, 0.15) is 30.5 Å². The first-order valence-corrected chi connectivity index (χ1v) is 6.74. The largest absolute Gasteiger partial charge is 0.378 e. The van der Waals surface area contributed by atoms with Crippen molar-refractivity contribution in [1.29, 1.82) is 5.26 Å². The molecule has 2 aromatic carbocycles. The Hall–Kier alpha value is -2.05. The second kappa shape index (κ2) is 6.40. The lowest BCUT2D eigenvalue weighted by molar-refractivity contribution is 0.587. The third kappa shape index (κ3) is 3.09. The van der Waals surface area contributed by atoms with Gasteiger partial charge < -0.3 is 5.32 Å². The number of nitrogens with zero attached hydrogens (tertiary/aromatic N) is 1. The van der Waals surface area contributed by atoms with Crippen molar-refractivity contribution in [2.75, 3.05) is 5.32 Å². The van der Waals surface area contributed by atoms with Crippen LogP contribution >= 0.6 is 11.6 Å². The van der Waals surface area contributed by atoms with Crippen LogP contribution in [0, 0.1) is 17.1 Å². The molecule has 0 aliphatic heterocycles. The fourth-order valence-corrected chi connectivity index (χ4v) is 2.22. The van der Waals surface area contributed by atoms with Crippen LogP contribution in [-0.4, -0.2) is 0 Å². The standard InChI is InChI=1S/C16H14ClFN2/c1-2-16(13-5-3-4-6-15(13)18)20-12-7-8-14(17)11(9-12)10-19/h3-9,16,20H,2H2,1H3. The normalized spacial score (nSPS) is 11.7. The number of rotatable bonds is 4. The number of hydrogen-bond acceptors (Lipinski definition) is 2. The van der Waals surface area contributed by atoms with Gasteiger partial charge in [-0.1, -0.05) is 36.7 Å². The molecule has 1 unspecified atom stereocenters. The molecule has 0 radical (unpaired) electrons. The van der Waals surface area contributed by atoms with Gasteiger partial charge >= 0.3 is 0 Å². The molecule has 20 heavy (non-hydrogen) atoms. The summed E-state index contributed by atoms with van der Waals surface area (Å²) in [6, 6.07) is 13.7. The average molecular weight is 289 g/mol. The zero-order valence-electron chi connectivity index (χ0n) is 11.0. The molecule has 1 N–H and O–H groups in total. The zero-order chi connectivity index (χ0) is 14.5. The summed E-state index contributed by atoms with van der Waals surface area (Å²) >= 11 is 5.90. The van der Waals surface area contributed by atoms with Crippen molar-refractivity contribution in [3.05, 3.63) is 64.4 Å². The molecule has 0 saturated heterocycles. The van der Waals surface area contributed by atoms with Crippen LogP contribution in [0.15, 0.2) is 42.5 Å². The van der Waals surface area contributed by atoms with E-state index in [1.807, 2.05) is 19.1 Å². The number of halogens is 2. The number of nitriles is 1. The Morgan fingerprint density at radius 3 is 2.70 bits per heavy atom. The van der Waals surface area contributed by atoms with Crippen molar-refractivity contribution >= 4 is 17.3 Å². The maximum Gasteiger partial charge on any atom is 0.128 e. The van der Waals surface area contributed by atoms with E-state index < -0.39 is 0 Å². The third-order valence-corrected chi connectivity index (χ3v) is 3.45. The lowest BCUT2D eigenvalue weighted by Crippen LogP contribution is -2.11. The molecule has 0 spiro atoms. The summed E-state index contributed by atoms with van der Waals surface area (Å²) in [6.45, 7) is 1.98. The van der Waals surface area contributed by atoms with Crippen LogP contribution in [0.5, 0.6) is 0 Å². The maximum atomic E-state index is 13.8. The van der Waals surface area contributed by atoms with Gasteiger partial charge in [0.05, 0.1) is 16.6 Å². The van der Waals surface area contributed by atoms with Crippen LogP contribution in [0.3, 0.4) is 0 Å². The Morgan fingerprint density at radius 1 is 1.30 bits per heavy atom. The van der Waals surface area contributed by atoms with E-state index in [1.54, 1.807) is 30.3 Å². The summed E-state index contributed by atoms with van der Waals surface area (Å²) < 4.78 is 13.8. The second-order valence-electron chi connectivity index (χ2n) is 4.43. The molecule has 0 aliphatic carbocycles. The van der Waals surface area contributed by atoms with E-state index in [0.29, 0.717) is 16.1 Å². The maximum absolute atomic E-state index is 13.8. The second-order valence-corrected chi connectivity index (χ2v) is 4.84. The smallest absolute Gasteiger partial charge is 0.128 e. The molecule has 102 valence electrons. The summed E-state index contributed by atoms with van der Waals surface area (Å²) in [5.41, 5.74) is 1.77. The van der Waals surface area contributed by atoms with E-state index in [9.17, 15) is 4.39 Å². The fourth-order valence-electron chi connectivity index (χ4n) is 2.06. The summed E-state index contributed by atoms with van der Waals surface area (Å²) in [5, 5.41) is 12.6. The Labute approximate surface area is 122 Å². The van der Waals surface area contributed by atoms with Gasteiger partial charge in [-0.25, -0.2) is 4.39 Å². The lowest BCUT2D eigenvalue weighted by atomic mass is 10.0. The Kier molecular flexibility index (Phi) is 4.60. The van der Waals surface area contributed by atoms with Crippen molar-refractivity contribution in [3.8, 4) is 6.07 Å². The number of benzene rings is 2. The molecule has 0 heterocycles. The van der Waals surface area contributed by atoms with E-state index in [1.165, 1.54) is 6.07 Å². The predicted octanol–water partition coefficient (Wildman–Crippen LogP) is 4.91. The molecule has 2 nitrogen and oxygen atoms in total. The van der Waals surface area contributed by atoms with Crippen LogP contribution < -0.4 is 5.32 Å². The van der Waals surface area contributed by atoms with Gasteiger partial charge in [0.15, 0.2) is 0 Å². The molecule has 0 fully saturated rings. The summed E-state index contributed by atoms with van der Waals surface area (Å²) in [4.78, 5) is 0. The highest BCUT2D eigenvalue weighted by Crippen LogP contribution is 2.27. The molecule has 1 atom stereocenters. The first kappa shape index (κ1) is 14.4. The Bertz CT molecular complexity index is 649. The molecule has 2 rings (SSSR count). The minimum atomic E-state index is -0.235. The van der Waals surface area contributed by atoms with Crippen LogP contribution in [-0.2, 0) is 0 Å². The number of hydrogen-bond donors (Lipinski definition) is 1. The highest BCUT2D eigenvalue weighted by Gasteiger charge is 2.13. The van der Waals surface area contributed by atoms with E-state index in [0.717, 1.165) is 12.1 Å². The van der Waals surface area contributed by atoms with E-state index in [4.69, 9.17) is 16.9 Å². The molecule has 2 aromatic rings. The minimum absolute atomic E-state index is 0.149. The molecule has 0 aliphatic rings. The monoisotopic (exact) mass is 288 g/mol. The fraction of sp³-hybridized carbons (Fsp3) is 0.188. The summed E-state index contributed by atoms with van der Waals surface area (Å²) in [6.07, 6.45) is 0.728. The van der Waals surface area contributed by atoms with Crippen molar-refractivity contribution < 1.29 is 4.39 Å². The predicted molar refractivity (Wildman–Crippen MR) is 79.2 cm³/mol. The first-order chi connectivity index (χ1) is 9.65. The number of nitrogens with one attached hydrogen (secondary N) is 1. The van der Waals surface area contributed by atoms with Gasteiger partial charge in [0, 0.05) is 11.3 Å². The van der Waals surface area contributed by atoms with Crippen molar-refractivity contribution in [1.82, 2.24) is 0 Å². The van der Waals surface area contributed by atoms with Gasteiger partial charge in [-0.15, -0.1) is 0 Å². The molecule has 0 amide bonds. The summed E-state index contributed by atoms with van der Waals surface area (Å²) in [7, 11) is 0. The highest BCUT2D eigenvalue weighted by atomic mass is 35.5. The number of anilines is 1. The van der Waals surface area contributed by atoms with Crippen molar-refractivity contribution in [3.63, 3.8) is 0 Å².